The second kappa shape index (κ2) is 7.88. The molecule has 2 saturated heterocycles. The minimum Gasteiger partial charge on any atom is -0.496 e. The number of methoxy groups -OCH3 is 2. The summed E-state index contributed by atoms with van der Waals surface area (Å²) in [5, 5.41) is 0.410. The normalized spacial score (nSPS) is 20.6. The number of likely N-dealkylation sites (tertiary alicyclic amines) is 1. The molecule has 1 aromatic rings. The number of carbonyl (C=O) groups excluding carboxylic acids is 2. The van der Waals surface area contributed by atoms with Crippen molar-refractivity contribution in [1.29, 1.82) is 0 Å². The van der Waals surface area contributed by atoms with Crippen LogP contribution >= 0.6 is 11.6 Å². The lowest BCUT2D eigenvalue weighted by atomic mass is 10.0. The second-order valence-corrected chi connectivity index (χ2v) is 9.59. The Balaban J connectivity index is 1.82. The Morgan fingerprint density at radius 2 is 1.93 bits per heavy atom. The van der Waals surface area contributed by atoms with E-state index in [0.29, 0.717) is 16.3 Å². The summed E-state index contributed by atoms with van der Waals surface area (Å²) in [4.78, 5) is 27.0. The molecule has 0 aromatic heterocycles. The first-order valence-corrected chi connectivity index (χ1v) is 10.9. The number of sulfone groups is 1. The molecule has 8 nitrogen and oxygen atoms in total. The first-order valence-electron chi connectivity index (χ1n) is 8.90. The van der Waals surface area contributed by atoms with Crippen molar-refractivity contribution in [3.8, 4) is 5.75 Å². The molecule has 10 heteroatoms. The summed E-state index contributed by atoms with van der Waals surface area (Å²) in [7, 11) is -0.665. The van der Waals surface area contributed by atoms with Crippen LogP contribution in [0.2, 0.25) is 5.02 Å². The molecule has 28 heavy (non-hydrogen) atoms. The average molecular weight is 431 g/mol. The Hall–Kier alpha value is -1.84. The van der Waals surface area contributed by atoms with Crippen LogP contribution in [0.25, 0.3) is 0 Å². The van der Waals surface area contributed by atoms with Crippen molar-refractivity contribution in [1.82, 2.24) is 9.80 Å². The van der Waals surface area contributed by atoms with Gasteiger partial charge in [0.05, 0.1) is 19.3 Å². The zero-order valence-corrected chi connectivity index (χ0v) is 17.4. The molecular formula is C18H23ClN2O6S. The third-order valence-corrected chi connectivity index (χ3v) is 8.08. The van der Waals surface area contributed by atoms with Crippen molar-refractivity contribution in [2.24, 2.45) is 0 Å². The summed E-state index contributed by atoms with van der Waals surface area (Å²) in [6.45, 7) is 0.894. The van der Waals surface area contributed by atoms with E-state index in [1.54, 1.807) is 17.0 Å². The molecule has 0 N–H and O–H groups in total. The minimum atomic E-state index is -3.63. The van der Waals surface area contributed by atoms with Crippen LogP contribution in [0.15, 0.2) is 18.2 Å². The van der Waals surface area contributed by atoms with E-state index in [2.05, 4.69) is 0 Å². The second-order valence-electron chi connectivity index (χ2n) is 6.88. The number of hydrogen-bond donors (Lipinski definition) is 0. The SMILES string of the molecule is COCCN1C(=O)CS(=O)(=O)C12CCN(C(=O)c1cc(Cl)ccc1OC)CC2. The summed E-state index contributed by atoms with van der Waals surface area (Å²) in [5.74, 6) is -0.778. The van der Waals surface area contributed by atoms with Crippen molar-refractivity contribution in [2.75, 3.05) is 46.2 Å². The third kappa shape index (κ3) is 3.46. The highest BCUT2D eigenvalue weighted by molar-refractivity contribution is 7.93. The number of carbonyl (C=O) groups is 2. The Labute approximate surface area is 169 Å². The monoisotopic (exact) mass is 430 g/mol. The highest BCUT2D eigenvalue weighted by Gasteiger charge is 2.58. The molecule has 2 fully saturated rings. The van der Waals surface area contributed by atoms with Crippen LogP contribution in [0.3, 0.4) is 0 Å². The fourth-order valence-electron chi connectivity index (χ4n) is 3.94. The lowest BCUT2D eigenvalue weighted by Crippen LogP contribution is -2.57. The summed E-state index contributed by atoms with van der Waals surface area (Å²) >= 11 is 6.01. The zero-order chi connectivity index (χ0) is 20.5. The molecular weight excluding hydrogens is 408 g/mol. The molecule has 2 amide bonds. The van der Waals surface area contributed by atoms with Crippen LogP contribution in [0.5, 0.6) is 5.75 Å². The number of benzene rings is 1. The molecule has 0 unspecified atom stereocenters. The molecule has 2 aliphatic heterocycles. The molecule has 0 atom stereocenters. The van der Waals surface area contributed by atoms with E-state index in [-0.39, 0.29) is 45.0 Å². The van der Waals surface area contributed by atoms with Gasteiger partial charge in [-0.05, 0) is 18.2 Å². The van der Waals surface area contributed by atoms with Crippen LogP contribution in [-0.4, -0.2) is 81.1 Å². The number of nitrogens with zero attached hydrogens (tertiary/aromatic N) is 2. The summed E-state index contributed by atoms with van der Waals surface area (Å²) in [6, 6.07) is 4.79. The van der Waals surface area contributed by atoms with Gasteiger partial charge in [-0.1, -0.05) is 11.6 Å². The largest absolute Gasteiger partial charge is 0.496 e. The van der Waals surface area contributed by atoms with Gasteiger partial charge in [0.1, 0.15) is 16.4 Å². The van der Waals surface area contributed by atoms with Gasteiger partial charge in [-0.15, -0.1) is 0 Å². The average Bonchev–Trinajstić information content (AvgIpc) is 2.85. The van der Waals surface area contributed by atoms with E-state index >= 15 is 0 Å². The molecule has 1 spiro atoms. The van der Waals surface area contributed by atoms with Gasteiger partial charge < -0.3 is 19.3 Å². The van der Waals surface area contributed by atoms with E-state index in [4.69, 9.17) is 21.1 Å². The van der Waals surface area contributed by atoms with Gasteiger partial charge in [0.2, 0.25) is 5.91 Å². The molecule has 2 aliphatic rings. The van der Waals surface area contributed by atoms with Gasteiger partial charge in [-0.3, -0.25) is 9.59 Å². The lowest BCUT2D eigenvalue weighted by Gasteiger charge is -2.43. The Morgan fingerprint density at radius 1 is 1.25 bits per heavy atom. The van der Waals surface area contributed by atoms with Crippen LogP contribution < -0.4 is 4.74 Å². The predicted octanol–water partition coefficient (Wildman–Crippen LogP) is 1.18. The third-order valence-electron chi connectivity index (χ3n) is 5.43. The molecule has 0 radical (unpaired) electrons. The van der Waals surface area contributed by atoms with Crippen molar-refractivity contribution < 1.29 is 27.5 Å². The Bertz CT molecular complexity index is 880. The van der Waals surface area contributed by atoms with Gasteiger partial charge in [0.25, 0.3) is 5.91 Å². The number of halogens is 1. The van der Waals surface area contributed by atoms with Crippen LogP contribution in [0, 0.1) is 0 Å². The van der Waals surface area contributed by atoms with Crippen LogP contribution in [-0.2, 0) is 19.4 Å². The smallest absolute Gasteiger partial charge is 0.257 e. The lowest BCUT2D eigenvalue weighted by molar-refractivity contribution is -0.131. The molecule has 154 valence electrons. The Kier molecular flexibility index (Phi) is 5.88. The van der Waals surface area contributed by atoms with Crippen molar-refractivity contribution in [3.63, 3.8) is 0 Å². The van der Waals surface area contributed by atoms with E-state index in [9.17, 15) is 18.0 Å². The molecule has 1 aromatic carbocycles. The van der Waals surface area contributed by atoms with Gasteiger partial charge in [0, 0.05) is 44.6 Å². The van der Waals surface area contributed by atoms with Gasteiger partial charge in [-0.25, -0.2) is 8.42 Å². The highest BCUT2D eigenvalue weighted by atomic mass is 35.5. The minimum absolute atomic E-state index is 0.166. The molecule has 2 heterocycles. The first-order chi connectivity index (χ1) is 13.3. The molecule has 0 bridgehead atoms. The summed E-state index contributed by atoms with van der Waals surface area (Å²) in [6.07, 6.45) is 0.332. The Morgan fingerprint density at radius 3 is 2.54 bits per heavy atom. The number of amides is 2. The number of rotatable bonds is 5. The van der Waals surface area contributed by atoms with Gasteiger partial charge >= 0.3 is 0 Å². The van der Waals surface area contributed by atoms with Crippen molar-refractivity contribution in [2.45, 2.75) is 17.7 Å². The standard InChI is InChI=1S/C18H23ClN2O6S/c1-26-10-9-21-16(22)12-28(24,25)18(21)5-7-20(8-6-18)17(23)14-11-13(19)3-4-15(14)27-2/h3-4,11H,5-10,12H2,1-2H3. The number of ether oxygens (including phenoxy) is 2. The van der Waals surface area contributed by atoms with Crippen molar-refractivity contribution >= 4 is 33.3 Å². The fraction of sp³-hybridized carbons (Fsp3) is 0.556. The maximum Gasteiger partial charge on any atom is 0.257 e. The molecule has 0 saturated carbocycles. The summed E-state index contributed by atoms with van der Waals surface area (Å²) < 4.78 is 35.8. The summed E-state index contributed by atoms with van der Waals surface area (Å²) in [5.41, 5.74) is 0.326. The molecule has 0 aliphatic carbocycles. The maximum atomic E-state index is 13.0. The topological polar surface area (TPSA) is 93.2 Å². The van der Waals surface area contributed by atoms with E-state index in [0.717, 1.165) is 0 Å². The first kappa shape index (κ1) is 20.9. The van der Waals surface area contributed by atoms with Crippen LogP contribution in [0.1, 0.15) is 23.2 Å². The van der Waals surface area contributed by atoms with Gasteiger partial charge in [0.15, 0.2) is 9.84 Å². The maximum absolute atomic E-state index is 13.0. The van der Waals surface area contributed by atoms with E-state index in [1.165, 1.54) is 25.2 Å². The number of hydrogen-bond acceptors (Lipinski definition) is 6. The van der Waals surface area contributed by atoms with E-state index in [1.807, 2.05) is 0 Å². The van der Waals surface area contributed by atoms with Crippen molar-refractivity contribution in [3.05, 3.63) is 28.8 Å². The zero-order valence-electron chi connectivity index (χ0n) is 15.8. The highest BCUT2D eigenvalue weighted by Crippen LogP contribution is 2.40. The quantitative estimate of drug-likeness (QED) is 0.696. The van der Waals surface area contributed by atoms with Gasteiger partial charge in [-0.2, -0.15) is 0 Å². The van der Waals surface area contributed by atoms with E-state index < -0.39 is 26.4 Å². The molecule has 3 rings (SSSR count). The van der Waals surface area contributed by atoms with Crippen LogP contribution in [0.4, 0.5) is 0 Å². The number of piperidine rings is 1. The fourth-order valence-corrected chi connectivity index (χ4v) is 6.19. The predicted molar refractivity (Wildman–Crippen MR) is 103 cm³/mol.